The van der Waals surface area contributed by atoms with Crippen LogP contribution in [0.15, 0.2) is 73.1 Å². The van der Waals surface area contributed by atoms with Gasteiger partial charge in [0.25, 0.3) is 0 Å². The zero-order valence-electron chi connectivity index (χ0n) is 26.3. The van der Waals surface area contributed by atoms with Gasteiger partial charge in [-0.2, -0.15) is 5.10 Å². The summed E-state index contributed by atoms with van der Waals surface area (Å²) in [6.45, 7) is 27.4. The van der Waals surface area contributed by atoms with Gasteiger partial charge in [-0.25, -0.2) is 4.68 Å². The second-order valence-electron chi connectivity index (χ2n) is 15.3. The van der Waals surface area contributed by atoms with Crippen molar-refractivity contribution in [3.63, 3.8) is 0 Å². The van der Waals surface area contributed by atoms with Gasteiger partial charge in [0.15, 0.2) is 0 Å². The number of aromatic nitrogens is 2. The Hall–Kier alpha value is -3.13. The molecule has 0 bridgehead atoms. The van der Waals surface area contributed by atoms with Crippen LogP contribution in [0.1, 0.15) is 105 Å². The summed E-state index contributed by atoms with van der Waals surface area (Å²) in [6, 6.07) is 22.9. The molecule has 2 heteroatoms. The van der Waals surface area contributed by atoms with Crippen LogP contribution in [0.3, 0.4) is 0 Å². The molecule has 39 heavy (non-hydrogen) atoms. The van der Waals surface area contributed by atoms with E-state index in [4.69, 9.17) is 5.10 Å². The second kappa shape index (κ2) is 9.81. The highest BCUT2D eigenvalue weighted by atomic mass is 15.3. The summed E-state index contributed by atoms with van der Waals surface area (Å²) in [4.78, 5) is 0. The molecule has 1 heterocycles. The molecule has 0 spiro atoms. The molecule has 0 aliphatic rings. The highest BCUT2D eigenvalue weighted by Crippen LogP contribution is 2.36. The average Bonchev–Trinajstić information content (AvgIpc) is 3.32. The SMILES string of the molecule is CC(C)(C)c1cc(-c2ccc(-n3cc(-c4cc(C(C)(C)C)cc(C(C)(C)C)c4)cn3)cc2)cc(C(C)(C)C)c1. The van der Waals surface area contributed by atoms with Crippen molar-refractivity contribution in [2.75, 3.05) is 0 Å². The lowest BCUT2D eigenvalue weighted by Gasteiger charge is -2.26. The molecule has 2 nitrogen and oxygen atoms in total. The van der Waals surface area contributed by atoms with Crippen molar-refractivity contribution in [1.29, 1.82) is 0 Å². The van der Waals surface area contributed by atoms with E-state index in [-0.39, 0.29) is 21.7 Å². The lowest BCUT2D eigenvalue weighted by atomic mass is 9.79. The predicted octanol–water partition coefficient (Wildman–Crippen LogP) is 10.4. The molecular weight excluding hydrogens is 472 g/mol. The van der Waals surface area contributed by atoms with Gasteiger partial charge in [0.2, 0.25) is 0 Å². The number of hydrogen-bond donors (Lipinski definition) is 0. The van der Waals surface area contributed by atoms with Gasteiger partial charge >= 0.3 is 0 Å². The van der Waals surface area contributed by atoms with Crippen LogP contribution in [-0.4, -0.2) is 9.78 Å². The van der Waals surface area contributed by atoms with Gasteiger partial charge in [0, 0.05) is 11.8 Å². The van der Waals surface area contributed by atoms with Crippen molar-refractivity contribution in [1.82, 2.24) is 9.78 Å². The maximum Gasteiger partial charge on any atom is 0.0646 e. The first-order chi connectivity index (χ1) is 17.8. The molecule has 0 N–H and O–H groups in total. The van der Waals surface area contributed by atoms with Crippen LogP contribution in [0.25, 0.3) is 27.9 Å². The minimum atomic E-state index is 0.0823. The molecule has 0 atom stereocenters. The summed E-state index contributed by atoms with van der Waals surface area (Å²) in [6.07, 6.45) is 4.14. The third-order valence-electron chi connectivity index (χ3n) is 7.71. The fourth-order valence-corrected chi connectivity index (χ4v) is 4.74. The Morgan fingerprint density at radius 2 is 0.795 bits per heavy atom. The Morgan fingerprint density at radius 3 is 1.15 bits per heavy atom. The van der Waals surface area contributed by atoms with Crippen LogP contribution in [0.4, 0.5) is 0 Å². The van der Waals surface area contributed by atoms with Gasteiger partial charge in [0.05, 0.1) is 11.9 Å². The lowest BCUT2D eigenvalue weighted by Crippen LogP contribution is -2.16. The number of hydrogen-bond acceptors (Lipinski definition) is 1. The molecule has 3 aromatic carbocycles. The molecule has 4 aromatic rings. The monoisotopic (exact) mass is 520 g/mol. The fraction of sp³-hybridized carbons (Fsp3) is 0.432. The molecule has 0 radical (unpaired) electrons. The third kappa shape index (κ3) is 6.55. The van der Waals surface area contributed by atoms with Crippen LogP contribution >= 0.6 is 0 Å². The van der Waals surface area contributed by atoms with E-state index in [1.54, 1.807) is 0 Å². The van der Waals surface area contributed by atoms with E-state index >= 15 is 0 Å². The topological polar surface area (TPSA) is 17.8 Å². The van der Waals surface area contributed by atoms with Crippen molar-refractivity contribution >= 4 is 0 Å². The highest BCUT2D eigenvalue weighted by molar-refractivity contribution is 5.68. The van der Waals surface area contributed by atoms with E-state index in [9.17, 15) is 0 Å². The van der Waals surface area contributed by atoms with Crippen molar-refractivity contribution in [3.05, 3.63) is 95.3 Å². The molecule has 1 aromatic heterocycles. The van der Waals surface area contributed by atoms with Crippen LogP contribution < -0.4 is 0 Å². The summed E-state index contributed by atoms with van der Waals surface area (Å²) < 4.78 is 1.99. The third-order valence-corrected chi connectivity index (χ3v) is 7.71. The number of benzene rings is 3. The maximum absolute atomic E-state index is 4.76. The molecule has 0 saturated heterocycles. The lowest BCUT2D eigenvalue weighted by molar-refractivity contribution is 0.568. The van der Waals surface area contributed by atoms with E-state index in [1.165, 1.54) is 38.9 Å². The van der Waals surface area contributed by atoms with Gasteiger partial charge in [-0.05, 0) is 72.7 Å². The van der Waals surface area contributed by atoms with Gasteiger partial charge in [-0.15, -0.1) is 0 Å². The van der Waals surface area contributed by atoms with E-state index in [0.717, 1.165) is 11.3 Å². The predicted molar refractivity (Wildman–Crippen MR) is 169 cm³/mol. The quantitative estimate of drug-likeness (QED) is 0.263. The smallest absolute Gasteiger partial charge is 0.0646 e. The van der Waals surface area contributed by atoms with Gasteiger partial charge in [0.1, 0.15) is 0 Å². The molecule has 0 saturated carbocycles. The Morgan fingerprint density at radius 1 is 0.436 bits per heavy atom. The van der Waals surface area contributed by atoms with E-state index in [1.807, 2.05) is 10.9 Å². The first-order valence-corrected chi connectivity index (χ1v) is 14.3. The maximum atomic E-state index is 4.76. The van der Waals surface area contributed by atoms with Crippen molar-refractivity contribution in [3.8, 4) is 27.9 Å². The number of rotatable bonds is 3. The van der Waals surface area contributed by atoms with E-state index in [0.29, 0.717) is 0 Å². The zero-order valence-corrected chi connectivity index (χ0v) is 26.3. The summed E-state index contributed by atoms with van der Waals surface area (Å²) >= 11 is 0. The standard InChI is InChI=1S/C37H48N2/c1-34(2,3)29-17-26(18-30(21-29)35(4,5)6)25-13-15-33(16-14-25)39-24-28(23-38-39)27-19-31(36(7,8)9)22-32(20-27)37(10,11)12/h13-24H,1-12H3. The van der Waals surface area contributed by atoms with Crippen LogP contribution in [0.2, 0.25) is 0 Å². The molecular formula is C37H48N2. The summed E-state index contributed by atoms with van der Waals surface area (Å²) in [5.41, 5.74) is 11.8. The van der Waals surface area contributed by atoms with Crippen molar-refractivity contribution in [2.24, 2.45) is 0 Å². The van der Waals surface area contributed by atoms with Gasteiger partial charge in [-0.1, -0.05) is 132 Å². The molecule has 206 valence electrons. The van der Waals surface area contributed by atoms with Crippen molar-refractivity contribution in [2.45, 2.75) is 105 Å². The van der Waals surface area contributed by atoms with E-state index in [2.05, 4.69) is 150 Å². The molecule has 0 aliphatic carbocycles. The molecule has 0 fully saturated rings. The summed E-state index contributed by atoms with van der Waals surface area (Å²) in [7, 11) is 0. The Bertz CT molecular complexity index is 1390. The van der Waals surface area contributed by atoms with Crippen LogP contribution in [0, 0.1) is 0 Å². The molecule has 0 amide bonds. The summed E-state index contributed by atoms with van der Waals surface area (Å²) in [5, 5.41) is 4.76. The first-order valence-electron chi connectivity index (χ1n) is 14.3. The Kier molecular flexibility index (Phi) is 7.26. The molecule has 0 unspecified atom stereocenters. The first kappa shape index (κ1) is 28.9. The van der Waals surface area contributed by atoms with E-state index < -0.39 is 0 Å². The molecule has 0 aliphatic heterocycles. The Labute approximate surface area is 237 Å². The van der Waals surface area contributed by atoms with Gasteiger partial charge in [-0.3, -0.25) is 0 Å². The number of nitrogens with zero attached hydrogens (tertiary/aromatic N) is 2. The second-order valence-corrected chi connectivity index (χ2v) is 15.3. The molecule has 4 rings (SSSR count). The van der Waals surface area contributed by atoms with Crippen LogP contribution in [-0.2, 0) is 21.7 Å². The van der Waals surface area contributed by atoms with Crippen LogP contribution in [0.5, 0.6) is 0 Å². The largest absolute Gasteiger partial charge is 0.240 e. The zero-order chi connectivity index (χ0) is 29.0. The Balaban J connectivity index is 1.70. The van der Waals surface area contributed by atoms with Gasteiger partial charge < -0.3 is 0 Å². The summed E-state index contributed by atoms with van der Waals surface area (Å²) in [5.74, 6) is 0. The normalized spacial score (nSPS) is 13.1. The average molecular weight is 521 g/mol. The minimum absolute atomic E-state index is 0.0823. The van der Waals surface area contributed by atoms with Crippen molar-refractivity contribution < 1.29 is 0 Å². The minimum Gasteiger partial charge on any atom is -0.240 e. The highest BCUT2D eigenvalue weighted by Gasteiger charge is 2.22. The fourth-order valence-electron chi connectivity index (χ4n) is 4.74.